The summed E-state index contributed by atoms with van der Waals surface area (Å²) in [5.74, 6) is 0.254. The number of primary amides is 1. The smallest absolute Gasteiger partial charge is 0.234 e. The summed E-state index contributed by atoms with van der Waals surface area (Å²) in [5, 5.41) is 3.04. The Labute approximate surface area is 86.2 Å². The van der Waals surface area contributed by atoms with Gasteiger partial charge in [-0.3, -0.25) is 4.79 Å². The van der Waals surface area contributed by atoms with Crippen molar-refractivity contribution in [2.75, 3.05) is 19.8 Å². The summed E-state index contributed by atoms with van der Waals surface area (Å²) in [4.78, 5) is 10.8. The van der Waals surface area contributed by atoms with E-state index in [1.165, 1.54) is 0 Å². The zero-order valence-electron chi connectivity index (χ0n) is 9.38. The third kappa shape index (κ3) is 6.86. The normalized spacial score (nSPS) is 13.1. The second kappa shape index (κ2) is 7.76. The van der Waals surface area contributed by atoms with E-state index >= 15 is 0 Å². The Morgan fingerprint density at radius 3 is 2.57 bits per heavy atom. The number of hydrogen-bond acceptors (Lipinski definition) is 3. The molecule has 1 amide bonds. The molecule has 0 aliphatic rings. The van der Waals surface area contributed by atoms with Gasteiger partial charge in [0.05, 0.1) is 12.6 Å². The maximum Gasteiger partial charge on any atom is 0.234 e. The second-order valence-electron chi connectivity index (χ2n) is 3.79. The minimum atomic E-state index is -0.295. The van der Waals surface area contributed by atoms with Crippen molar-refractivity contribution in [3.8, 4) is 0 Å². The Bertz CT molecular complexity index is 160. The molecular weight excluding hydrogens is 180 g/mol. The van der Waals surface area contributed by atoms with E-state index in [-0.39, 0.29) is 11.9 Å². The highest BCUT2D eigenvalue weighted by molar-refractivity contribution is 5.79. The second-order valence-corrected chi connectivity index (χ2v) is 3.79. The lowest BCUT2D eigenvalue weighted by Gasteiger charge is -2.13. The highest BCUT2D eigenvalue weighted by Gasteiger charge is 2.10. The van der Waals surface area contributed by atoms with Gasteiger partial charge in [0.25, 0.3) is 0 Å². The first-order valence-corrected chi connectivity index (χ1v) is 5.18. The maximum atomic E-state index is 10.8. The fraction of sp³-hybridized carbons (Fsp3) is 0.900. The van der Waals surface area contributed by atoms with E-state index in [9.17, 15) is 4.79 Å². The Kier molecular flexibility index (Phi) is 7.42. The first-order valence-electron chi connectivity index (χ1n) is 5.18. The molecule has 84 valence electrons. The third-order valence-electron chi connectivity index (χ3n) is 1.84. The van der Waals surface area contributed by atoms with Gasteiger partial charge in [0.1, 0.15) is 0 Å². The fourth-order valence-corrected chi connectivity index (χ4v) is 1.07. The lowest BCUT2D eigenvalue weighted by molar-refractivity contribution is -0.120. The number of rotatable bonds is 8. The fourth-order valence-electron chi connectivity index (χ4n) is 1.07. The van der Waals surface area contributed by atoms with Crippen LogP contribution in [0.4, 0.5) is 0 Å². The summed E-state index contributed by atoms with van der Waals surface area (Å²) in [6, 6.07) is -0.224. The first-order chi connectivity index (χ1) is 6.57. The summed E-state index contributed by atoms with van der Waals surface area (Å²) >= 11 is 0. The predicted octanol–water partition coefficient (Wildman–Crippen LogP) is 0.513. The topological polar surface area (TPSA) is 64.3 Å². The molecule has 4 heteroatoms. The van der Waals surface area contributed by atoms with Crippen molar-refractivity contribution < 1.29 is 9.53 Å². The van der Waals surface area contributed by atoms with Crippen LogP contribution in [0.15, 0.2) is 0 Å². The highest BCUT2D eigenvalue weighted by Crippen LogP contribution is 1.92. The monoisotopic (exact) mass is 202 g/mol. The van der Waals surface area contributed by atoms with Crippen LogP contribution in [0.3, 0.4) is 0 Å². The largest absolute Gasteiger partial charge is 0.380 e. The lowest BCUT2D eigenvalue weighted by Crippen LogP contribution is -2.42. The molecule has 1 atom stereocenters. The van der Waals surface area contributed by atoms with Gasteiger partial charge in [-0.1, -0.05) is 20.8 Å². The summed E-state index contributed by atoms with van der Waals surface area (Å²) in [6.45, 7) is 8.19. The molecular formula is C10H22N2O2. The average molecular weight is 202 g/mol. The standard InChI is InChI=1S/C10H22N2O2/c1-4-9(10(11)13)12-5-6-14-7-8(2)3/h8-9,12H,4-7H2,1-3H3,(H2,11,13). The van der Waals surface area contributed by atoms with Crippen LogP contribution in [0, 0.1) is 5.92 Å². The molecule has 0 fully saturated rings. The molecule has 0 rings (SSSR count). The molecule has 0 aromatic heterocycles. The van der Waals surface area contributed by atoms with Crippen molar-refractivity contribution in [3.63, 3.8) is 0 Å². The number of nitrogens with one attached hydrogen (secondary N) is 1. The minimum absolute atomic E-state index is 0.224. The predicted molar refractivity (Wildman–Crippen MR) is 56.9 cm³/mol. The van der Waals surface area contributed by atoms with Crippen LogP contribution in [0.25, 0.3) is 0 Å². The van der Waals surface area contributed by atoms with Gasteiger partial charge in [0.2, 0.25) is 5.91 Å². The maximum absolute atomic E-state index is 10.8. The zero-order chi connectivity index (χ0) is 11.0. The SMILES string of the molecule is CCC(NCCOCC(C)C)C(N)=O. The van der Waals surface area contributed by atoms with Gasteiger partial charge in [-0.25, -0.2) is 0 Å². The number of nitrogens with two attached hydrogens (primary N) is 1. The Balaban J connectivity index is 3.38. The summed E-state index contributed by atoms with van der Waals surface area (Å²) in [6.07, 6.45) is 0.722. The van der Waals surface area contributed by atoms with Crippen LogP contribution < -0.4 is 11.1 Å². The van der Waals surface area contributed by atoms with E-state index in [4.69, 9.17) is 10.5 Å². The number of amides is 1. The van der Waals surface area contributed by atoms with Crippen molar-refractivity contribution in [2.45, 2.75) is 33.2 Å². The van der Waals surface area contributed by atoms with E-state index in [0.717, 1.165) is 13.0 Å². The van der Waals surface area contributed by atoms with Crippen molar-refractivity contribution in [1.29, 1.82) is 0 Å². The van der Waals surface area contributed by atoms with Crippen LogP contribution in [0.1, 0.15) is 27.2 Å². The molecule has 0 aromatic carbocycles. The van der Waals surface area contributed by atoms with Crippen molar-refractivity contribution in [2.24, 2.45) is 11.7 Å². The molecule has 0 spiro atoms. The molecule has 0 aliphatic heterocycles. The first kappa shape index (κ1) is 13.4. The van der Waals surface area contributed by atoms with Crippen LogP contribution in [-0.4, -0.2) is 31.7 Å². The molecule has 4 nitrogen and oxygen atoms in total. The summed E-state index contributed by atoms with van der Waals surface area (Å²) < 4.78 is 5.36. The van der Waals surface area contributed by atoms with E-state index < -0.39 is 0 Å². The molecule has 0 saturated heterocycles. The van der Waals surface area contributed by atoms with Crippen molar-refractivity contribution in [1.82, 2.24) is 5.32 Å². The Morgan fingerprint density at radius 2 is 2.14 bits per heavy atom. The van der Waals surface area contributed by atoms with Gasteiger partial charge in [-0.2, -0.15) is 0 Å². The molecule has 3 N–H and O–H groups in total. The van der Waals surface area contributed by atoms with E-state index in [1.54, 1.807) is 0 Å². The van der Waals surface area contributed by atoms with Gasteiger partial charge >= 0.3 is 0 Å². The average Bonchev–Trinajstić information content (AvgIpc) is 2.10. The molecule has 1 unspecified atom stereocenters. The number of ether oxygens (including phenoxy) is 1. The van der Waals surface area contributed by atoms with Crippen LogP contribution in [0.5, 0.6) is 0 Å². The Hall–Kier alpha value is -0.610. The van der Waals surface area contributed by atoms with Crippen LogP contribution in [0.2, 0.25) is 0 Å². The molecule has 0 saturated carbocycles. The van der Waals surface area contributed by atoms with E-state index in [0.29, 0.717) is 19.1 Å². The minimum Gasteiger partial charge on any atom is -0.380 e. The summed E-state index contributed by atoms with van der Waals surface area (Å²) in [5.41, 5.74) is 5.17. The van der Waals surface area contributed by atoms with Gasteiger partial charge in [0, 0.05) is 13.2 Å². The van der Waals surface area contributed by atoms with Crippen molar-refractivity contribution >= 4 is 5.91 Å². The Morgan fingerprint density at radius 1 is 1.50 bits per heavy atom. The van der Waals surface area contributed by atoms with Gasteiger partial charge in [-0.15, -0.1) is 0 Å². The number of carbonyl (C=O) groups is 1. The van der Waals surface area contributed by atoms with Crippen molar-refractivity contribution in [3.05, 3.63) is 0 Å². The lowest BCUT2D eigenvalue weighted by atomic mass is 10.2. The number of hydrogen-bond donors (Lipinski definition) is 2. The number of carbonyl (C=O) groups excluding carboxylic acids is 1. The highest BCUT2D eigenvalue weighted by atomic mass is 16.5. The molecule has 0 radical (unpaired) electrons. The molecule has 14 heavy (non-hydrogen) atoms. The van der Waals surface area contributed by atoms with Gasteiger partial charge < -0.3 is 15.8 Å². The zero-order valence-corrected chi connectivity index (χ0v) is 9.38. The van der Waals surface area contributed by atoms with E-state index in [1.807, 2.05) is 6.92 Å². The van der Waals surface area contributed by atoms with Crippen LogP contribution >= 0.6 is 0 Å². The molecule has 0 heterocycles. The van der Waals surface area contributed by atoms with Gasteiger partial charge in [0.15, 0.2) is 0 Å². The summed E-state index contributed by atoms with van der Waals surface area (Å²) in [7, 11) is 0. The van der Waals surface area contributed by atoms with E-state index in [2.05, 4.69) is 19.2 Å². The van der Waals surface area contributed by atoms with Crippen LogP contribution in [-0.2, 0) is 9.53 Å². The molecule has 0 aliphatic carbocycles. The van der Waals surface area contributed by atoms with Gasteiger partial charge in [-0.05, 0) is 12.3 Å². The quantitative estimate of drug-likeness (QED) is 0.564. The molecule has 0 bridgehead atoms. The molecule has 0 aromatic rings. The third-order valence-corrected chi connectivity index (χ3v) is 1.84.